The molecule has 0 radical (unpaired) electrons. The van der Waals surface area contributed by atoms with Crippen molar-refractivity contribution in [2.75, 3.05) is 63.2 Å². The van der Waals surface area contributed by atoms with Gasteiger partial charge in [0.15, 0.2) is 0 Å². The van der Waals surface area contributed by atoms with Gasteiger partial charge in [-0.25, -0.2) is 9.59 Å². The van der Waals surface area contributed by atoms with Crippen molar-refractivity contribution in [2.45, 2.75) is 51.9 Å². The molecule has 8 nitrogen and oxygen atoms in total. The Balaban J connectivity index is 1.76. The quantitative estimate of drug-likeness (QED) is 0.138. The summed E-state index contributed by atoms with van der Waals surface area (Å²) in [6, 6.07) is 7.77. The number of carbonyl (C=O) groups is 2. The molecule has 0 aliphatic rings. The maximum absolute atomic E-state index is 13.0. The minimum atomic E-state index is -4.52. The van der Waals surface area contributed by atoms with Crippen molar-refractivity contribution < 1.29 is 45.4 Å². The van der Waals surface area contributed by atoms with E-state index in [9.17, 15) is 35.9 Å². The summed E-state index contributed by atoms with van der Waals surface area (Å²) in [5, 5.41) is 5.02. The van der Waals surface area contributed by atoms with Gasteiger partial charge in [-0.1, -0.05) is 38.8 Å². The minimum absolute atomic E-state index is 0.0390. The first kappa shape index (κ1) is 36.7. The van der Waals surface area contributed by atoms with Crippen molar-refractivity contribution in [3.63, 3.8) is 0 Å². The number of amides is 4. The molecule has 0 aromatic heterocycles. The van der Waals surface area contributed by atoms with Gasteiger partial charge in [-0.2, -0.15) is 26.3 Å². The van der Waals surface area contributed by atoms with Crippen LogP contribution in [0.5, 0.6) is 0 Å². The molecule has 0 fully saturated rings. The second kappa shape index (κ2) is 18.3. The number of carbonyl (C=O) groups excluding carboxylic acids is 2. The first-order valence-electron chi connectivity index (χ1n) is 14.5. The normalized spacial score (nSPS) is 11.7. The molecule has 0 aliphatic carbocycles. The van der Waals surface area contributed by atoms with Gasteiger partial charge in [0, 0.05) is 37.6 Å². The molecule has 0 saturated heterocycles. The van der Waals surface area contributed by atoms with Gasteiger partial charge in [0.05, 0.1) is 37.6 Å². The Kier molecular flexibility index (Phi) is 15.3. The van der Waals surface area contributed by atoms with Crippen LogP contribution >= 0.6 is 0 Å². The van der Waals surface area contributed by atoms with Gasteiger partial charge < -0.3 is 29.9 Å². The monoisotopic (exact) mass is 634 g/mol. The highest BCUT2D eigenvalue weighted by molar-refractivity contribution is 5.90. The summed E-state index contributed by atoms with van der Waals surface area (Å²) < 4.78 is 89.1. The number of ether oxygens (including phenoxy) is 2. The van der Waals surface area contributed by atoms with Crippen molar-refractivity contribution >= 4 is 23.4 Å². The standard InChI is InChI=1S/C30H40F6N4O4/c1-3-5-13-39(27(41)37-25-11-7-9-23(21-25)29(31,32)33)15-17-43-19-20-44-18-16-40(14-6-4-2)28(42)38-26-12-8-10-24(22-26)30(34,35)36/h7-12,21-22H,3-6,13-20H2,1-2H3,(H,37,41)(H,38,42). The summed E-state index contributed by atoms with van der Waals surface area (Å²) in [5.74, 6) is 0. The predicted octanol–water partition coefficient (Wildman–Crippen LogP) is 7.73. The Bertz CT molecular complexity index is 1070. The number of unbranched alkanes of at least 4 members (excludes halogenated alkanes) is 2. The average molecular weight is 635 g/mol. The van der Waals surface area contributed by atoms with Crippen LogP contribution in [0.25, 0.3) is 0 Å². The number of hydrogen-bond donors (Lipinski definition) is 2. The number of nitrogens with one attached hydrogen (secondary N) is 2. The maximum Gasteiger partial charge on any atom is 0.416 e. The fourth-order valence-corrected chi connectivity index (χ4v) is 3.95. The van der Waals surface area contributed by atoms with Gasteiger partial charge in [-0.05, 0) is 49.2 Å². The molecule has 2 rings (SSSR count). The molecule has 2 aromatic rings. The van der Waals surface area contributed by atoms with Gasteiger partial charge in [-0.15, -0.1) is 0 Å². The molecule has 0 heterocycles. The lowest BCUT2D eigenvalue weighted by Gasteiger charge is -2.24. The average Bonchev–Trinajstić information content (AvgIpc) is 2.96. The van der Waals surface area contributed by atoms with Crippen molar-refractivity contribution in [3.05, 3.63) is 59.7 Å². The largest absolute Gasteiger partial charge is 0.416 e. The Morgan fingerprint density at radius 2 is 1.02 bits per heavy atom. The van der Waals surface area contributed by atoms with Crippen LogP contribution in [0.15, 0.2) is 48.5 Å². The number of benzene rings is 2. The summed E-state index contributed by atoms with van der Waals surface area (Å²) in [7, 11) is 0. The molecule has 0 spiro atoms. The number of nitrogens with zero attached hydrogens (tertiary/aromatic N) is 2. The highest BCUT2D eigenvalue weighted by Gasteiger charge is 2.31. The van der Waals surface area contributed by atoms with Gasteiger partial charge in [0.2, 0.25) is 0 Å². The fraction of sp³-hybridized carbons (Fsp3) is 0.533. The highest BCUT2D eigenvalue weighted by Crippen LogP contribution is 2.31. The second-order valence-electron chi connectivity index (χ2n) is 9.92. The van der Waals surface area contributed by atoms with Crippen molar-refractivity contribution in [3.8, 4) is 0 Å². The summed E-state index contributed by atoms with van der Waals surface area (Å²) in [6.45, 7) is 5.87. The van der Waals surface area contributed by atoms with Crippen LogP contribution in [0, 0.1) is 0 Å². The lowest BCUT2D eigenvalue weighted by atomic mass is 10.2. The van der Waals surface area contributed by atoms with E-state index in [2.05, 4.69) is 10.6 Å². The number of alkyl halides is 6. The number of halogens is 6. The highest BCUT2D eigenvalue weighted by atomic mass is 19.4. The second-order valence-corrected chi connectivity index (χ2v) is 9.92. The Morgan fingerprint density at radius 3 is 1.36 bits per heavy atom. The van der Waals surface area contributed by atoms with Gasteiger partial charge >= 0.3 is 24.4 Å². The molecule has 4 amide bonds. The zero-order valence-corrected chi connectivity index (χ0v) is 24.9. The van der Waals surface area contributed by atoms with E-state index in [1.54, 1.807) is 0 Å². The summed E-state index contributed by atoms with van der Waals surface area (Å²) in [5.41, 5.74) is -1.64. The van der Waals surface area contributed by atoms with Gasteiger partial charge in [0.25, 0.3) is 0 Å². The van der Waals surface area contributed by atoms with Crippen molar-refractivity contribution in [1.29, 1.82) is 0 Å². The lowest BCUT2D eigenvalue weighted by Crippen LogP contribution is -2.38. The number of urea groups is 2. The maximum atomic E-state index is 13.0. The smallest absolute Gasteiger partial charge is 0.377 e. The Morgan fingerprint density at radius 1 is 0.636 bits per heavy atom. The zero-order valence-electron chi connectivity index (χ0n) is 24.9. The topological polar surface area (TPSA) is 83.1 Å². The molecule has 0 saturated carbocycles. The molecule has 2 aromatic carbocycles. The van der Waals surface area contributed by atoms with E-state index in [-0.39, 0.29) is 50.9 Å². The molecule has 2 N–H and O–H groups in total. The van der Waals surface area contributed by atoms with E-state index in [0.717, 1.165) is 37.1 Å². The zero-order chi connectivity index (χ0) is 32.6. The molecule has 0 unspecified atom stereocenters. The predicted molar refractivity (Wildman–Crippen MR) is 156 cm³/mol. The van der Waals surface area contributed by atoms with Crippen LogP contribution in [0.2, 0.25) is 0 Å². The van der Waals surface area contributed by atoms with E-state index < -0.39 is 35.5 Å². The number of rotatable bonds is 17. The fourth-order valence-electron chi connectivity index (χ4n) is 3.95. The van der Waals surface area contributed by atoms with Crippen LogP contribution in [-0.4, -0.2) is 74.5 Å². The SMILES string of the molecule is CCCCN(CCOCCOCCN(CCCC)C(=O)Nc1cccc(C(F)(F)F)c1)C(=O)Nc1cccc(C(F)(F)F)c1. The molecule has 246 valence electrons. The molecule has 14 heteroatoms. The first-order chi connectivity index (χ1) is 20.8. The molecular weight excluding hydrogens is 594 g/mol. The molecule has 0 atom stereocenters. The van der Waals surface area contributed by atoms with E-state index in [1.165, 1.54) is 34.1 Å². The van der Waals surface area contributed by atoms with Crippen molar-refractivity contribution in [1.82, 2.24) is 9.80 Å². The Hall–Kier alpha value is -3.52. The molecular formula is C30H40F6N4O4. The van der Waals surface area contributed by atoms with Gasteiger partial charge in [-0.3, -0.25) is 0 Å². The van der Waals surface area contributed by atoms with E-state index in [4.69, 9.17) is 9.47 Å². The Labute approximate surface area is 253 Å². The molecule has 0 aliphatic heterocycles. The first-order valence-corrected chi connectivity index (χ1v) is 14.5. The lowest BCUT2D eigenvalue weighted by molar-refractivity contribution is -0.138. The third-order valence-corrected chi connectivity index (χ3v) is 6.40. The third kappa shape index (κ3) is 13.4. The number of hydrogen-bond acceptors (Lipinski definition) is 4. The van der Waals surface area contributed by atoms with Crippen LogP contribution in [0.1, 0.15) is 50.7 Å². The number of anilines is 2. The third-order valence-electron chi connectivity index (χ3n) is 6.40. The molecule has 0 bridgehead atoms. The summed E-state index contributed by atoms with van der Waals surface area (Å²) in [4.78, 5) is 28.4. The van der Waals surface area contributed by atoms with Gasteiger partial charge in [0.1, 0.15) is 0 Å². The van der Waals surface area contributed by atoms with Crippen LogP contribution in [0.4, 0.5) is 47.3 Å². The van der Waals surface area contributed by atoms with Crippen LogP contribution in [-0.2, 0) is 21.8 Å². The van der Waals surface area contributed by atoms with Crippen molar-refractivity contribution in [2.24, 2.45) is 0 Å². The summed E-state index contributed by atoms with van der Waals surface area (Å²) in [6.07, 6.45) is -6.01. The van der Waals surface area contributed by atoms with Crippen LogP contribution < -0.4 is 10.6 Å². The van der Waals surface area contributed by atoms with E-state index in [1.807, 2.05) is 13.8 Å². The summed E-state index contributed by atoms with van der Waals surface area (Å²) >= 11 is 0. The minimum Gasteiger partial charge on any atom is -0.377 e. The van der Waals surface area contributed by atoms with E-state index in [0.29, 0.717) is 25.9 Å². The molecule has 44 heavy (non-hydrogen) atoms. The van der Waals surface area contributed by atoms with E-state index >= 15 is 0 Å². The van der Waals surface area contributed by atoms with Crippen LogP contribution in [0.3, 0.4) is 0 Å².